The molecule has 0 fully saturated rings. The van der Waals surface area contributed by atoms with Crippen LogP contribution in [0.2, 0.25) is 5.02 Å². The summed E-state index contributed by atoms with van der Waals surface area (Å²) in [5, 5.41) is 16.9. The van der Waals surface area contributed by atoms with Crippen LogP contribution in [0.3, 0.4) is 0 Å². The van der Waals surface area contributed by atoms with Crippen LogP contribution in [0.5, 0.6) is 0 Å². The van der Waals surface area contributed by atoms with Gasteiger partial charge in [-0.15, -0.1) is 5.10 Å². The number of aryl methyl sites for hydroxylation is 3. The Morgan fingerprint density at radius 3 is 1.64 bits per heavy atom. The molecule has 0 aliphatic heterocycles. The first-order valence-corrected chi connectivity index (χ1v) is 32.3. The summed E-state index contributed by atoms with van der Waals surface area (Å²) in [5.41, 5.74) is 8.68. The number of hydrogen-bond donors (Lipinski definition) is 1. The van der Waals surface area contributed by atoms with Gasteiger partial charge in [-0.25, -0.2) is 19.6 Å². The Hall–Kier alpha value is -8.99. The number of halogens is 1. The number of rotatable bonds is 6. The summed E-state index contributed by atoms with van der Waals surface area (Å²) >= 11 is 8.81. The Labute approximate surface area is 560 Å². The molecule has 0 amide bonds. The van der Waals surface area contributed by atoms with Crippen molar-refractivity contribution in [3.8, 4) is 0 Å². The highest BCUT2D eigenvalue weighted by Gasteiger charge is 2.31. The Kier molecular flexibility index (Phi) is 21.8. The first-order chi connectivity index (χ1) is 43.6. The maximum Gasteiger partial charge on any atom is 0.203 e. The second kappa shape index (κ2) is 28.3. The number of nitrogens with one attached hydrogen (secondary N) is 1. The number of aromatic amines is 1. The predicted octanol–water partition coefficient (Wildman–Crippen LogP) is 17.0. The van der Waals surface area contributed by atoms with Crippen molar-refractivity contribution < 1.29 is 33.4 Å². The number of H-pyrrole nitrogens is 1. The van der Waals surface area contributed by atoms with Crippen LogP contribution in [0.4, 0.5) is 0 Å². The lowest BCUT2D eigenvalue weighted by Crippen LogP contribution is -2.23. The van der Waals surface area contributed by atoms with E-state index in [0.717, 1.165) is 66.1 Å². The van der Waals surface area contributed by atoms with Crippen LogP contribution in [0.15, 0.2) is 114 Å². The number of pyridine rings is 1. The minimum absolute atomic E-state index is 0.00912. The molecular weight excluding hydrogens is 1250 g/mol. The van der Waals surface area contributed by atoms with Crippen molar-refractivity contribution in [3.63, 3.8) is 0 Å². The van der Waals surface area contributed by atoms with Crippen molar-refractivity contribution in [3.05, 3.63) is 154 Å². The number of carbonyl (C=O) groups is 6. The first-order valence-electron chi connectivity index (χ1n) is 30.4. The topological polar surface area (TPSA) is 270 Å². The van der Waals surface area contributed by atoms with Gasteiger partial charge in [0.25, 0.3) is 0 Å². The van der Waals surface area contributed by atoms with Crippen molar-refractivity contribution in [2.75, 3.05) is 0 Å². The van der Waals surface area contributed by atoms with Crippen LogP contribution in [-0.2, 0) is 14.1 Å². The standard InChI is InChI=1S/C13H16ClN3O.C13H16N2O.C12H14N2O.C11H12N2O2.2C11H12N2OS/c1-7-9-10(14)8(11(18)13(2,3)4)6-15-12(9)17(5)16-7;1-13(2,3)11(16)12-14-9-7-5-6-8-10(9)15(12)4;1-12(2,3)10(15)11-13-8-6-4-5-7-9(8)14-11;1-11(2,3)10(14)7-4-5-8-9(6-7)13-15-12-8;1-11(2,3)10(14)7-5-4-6-8-9(7)12-13-15-8;1-11(2,3)10(14)7-5-4-6-8-9(7)13-15-12-8/h6H,1-5H3;5-8H,1-4H3;4-7H,1-3H3,(H,13,14);3*4-6H,1-3H3. The molecule has 0 spiro atoms. The van der Waals surface area contributed by atoms with Gasteiger partial charge in [-0.3, -0.25) is 33.4 Å². The fraction of sp³-hybridized carbons (Fsp3) is 0.380. The van der Waals surface area contributed by atoms with E-state index in [0.29, 0.717) is 55.6 Å². The molecule has 0 unspecified atom stereocenters. The van der Waals surface area contributed by atoms with Gasteiger partial charge in [0.2, 0.25) is 11.6 Å². The van der Waals surface area contributed by atoms with Gasteiger partial charge >= 0.3 is 0 Å². The van der Waals surface area contributed by atoms with Gasteiger partial charge in [0.05, 0.1) is 60.2 Å². The molecule has 1 N–H and O–H groups in total. The fourth-order valence-electron chi connectivity index (χ4n) is 9.17. The van der Waals surface area contributed by atoms with E-state index in [1.54, 1.807) is 29.1 Å². The summed E-state index contributed by atoms with van der Waals surface area (Å²) in [6.07, 6.45) is 1.54. The third kappa shape index (κ3) is 17.0. The molecule has 0 aliphatic rings. The summed E-state index contributed by atoms with van der Waals surface area (Å²) in [6, 6.07) is 31.8. The predicted molar refractivity (Wildman–Crippen MR) is 374 cm³/mol. The second-order valence-corrected chi connectivity index (χ2v) is 30.5. The quantitative estimate of drug-likeness (QED) is 0.152. The van der Waals surface area contributed by atoms with Crippen LogP contribution in [0, 0.1) is 39.4 Å². The fourth-order valence-corrected chi connectivity index (χ4v) is 10.7. The van der Waals surface area contributed by atoms with Gasteiger partial charge in [-0.05, 0) is 95.5 Å². The highest BCUT2D eigenvalue weighted by molar-refractivity contribution is 7.13. The van der Waals surface area contributed by atoms with Crippen molar-refractivity contribution in [2.24, 2.45) is 46.6 Å². The molecule has 0 atom stereocenters. The molecule has 0 radical (unpaired) electrons. The van der Waals surface area contributed by atoms with Gasteiger partial charge in [0, 0.05) is 69.5 Å². The van der Waals surface area contributed by atoms with E-state index in [2.05, 4.69) is 58.3 Å². The molecule has 0 saturated heterocycles. The number of benzene rings is 5. The summed E-state index contributed by atoms with van der Waals surface area (Å²) in [5.74, 6) is 1.40. The molecule has 0 bridgehead atoms. The van der Waals surface area contributed by atoms with Crippen LogP contribution in [-0.4, -0.2) is 97.6 Å². The highest BCUT2D eigenvalue weighted by atomic mass is 35.5. The Bertz CT molecular complexity index is 4620. The third-order valence-corrected chi connectivity index (χ3v) is 16.1. The monoisotopic (exact) mass is 1330 g/mol. The van der Waals surface area contributed by atoms with Crippen LogP contribution in [0.1, 0.15) is 193 Å². The van der Waals surface area contributed by atoms with E-state index in [1.165, 1.54) is 11.5 Å². The molecule has 20 nitrogen and oxygen atoms in total. The van der Waals surface area contributed by atoms with Gasteiger partial charge in [0.15, 0.2) is 40.4 Å². The number of para-hydroxylation sites is 4. The van der Waals surface area contributed by atoms with Crippen molar-refractivity contribution >= 4 is 135 Å². The van der Waals surface area contributed by atoms with E-state index in [1.807, 2.05) is 235 Å². The highest BCUT2D eigenvalue weighted by Crippen LogP contribution is 2.33. The van der Waals surface area contributed by atoms with E-state index >= 15 is 0 Å². The van der Waals surface area contributed by atoms with E-state index in [9.17, 15) is 28.8 Å². The Morgan fingerprint density at radius 1 is 0.521 bits per heavy atom. The SMILES string of the molecule is CC(C)(C)C(=O)c1ccc2nonc2c1.CC(C)(C)C(=O)c1cccc2nsnc12.CC(C)(C)C(=O)c1cccc2snnc12.CC(C)(C)C(=O)c1nc2ccccc2[nH]1.Cc1nn(C)c2ncc(C(=O)C(C)(C)C)c(Cl)c12.Cn1c(C(=O)C(C)(C)C)nc2ccccc21. The number of hydrogen-bond acceptors (Lipinski definition) is 19. The molecule has 492 valence electrons. The lowest BCUT2D eigenvalue weighted by molar-refractivity contribution is 0.0839. The van der Waals surface area contributed by atoms with Crippen LogP contribution >= 0.6 is 34.9 Å². The smallest absolute Gasteiger partial charge is 0.203 e. The molecule has 5 aromatic carbocycles. The average Bonchev–Trinajstić information content (AvgIpc) is 1.60. The number of aromatic nitrogens is 13. The number of fused-ring (bicyclic) bond motifs is 6. The molecule has 7 heterocycles. The van der Waals surface area contributed by atoms with Crippen molar-refractivity contribution in [1.82, 2.24) is 62.9 Å². The van der Waals surface area contributed by atoms with E-state index < -0.39 is 16.2 Å². The Balaban J connectivity index is 0.000000160. The molecule has 0 saturated carbocycles. The number of carbonyl (C=O) groups excluding carboxylic acids is 6. The summed E-state index contributed by atoms with van der Waals surface area (Å²) < 4.78 is 21.2. The van der Waals surface area contributed by atoms with Gasteiger partial charge in [0.1, 0.15) is 27.6 Å². The summed E-state index contributed by atoms with van der Waals surface area (Å²) in [6.45, 7) is 36.0. The van der Waals surface area contributed by atoms with Gasteiger partial charge in [-0.1, -0.05) is 177 Å². The van der Waals surface area contributed by atoms with Crippen molar-refractivity contribution in [1.29, 1.82) is 0 Å². The largest absolute Gasteiger partial charge is 0.335 e. The number of imidazole rings is 2. The number of Topliss-reactive ketones (excluding diaryl/α,β-unsaturated/α-hetero) is 6. The maximum absolute atomic E-state index is 12.3. The number of ketones is 6. The van der Waals surface area contributed by atoms with Crippen molar-refractivity contribution in [2.45, 2.75) is 132 Å². The molecule has 94 heavy (non-hydrogen) atoms. The molecular formula is C71H82ClN13O7S2. The summed E-state index contributed by atoms with van der Waals surface area (Å²) in [7, 11) is 3.69. The van der Waals surface area contributed by atoms with Crippen LogP contribution < -0.4 is 0 Å². The van der Waals surface area contributed by atoms with E-state index in [4.69, 9.17) is 11.6 Å². The number of nitrogens with zero attached hydrogens (tertiary/aromatic N) is 12. The molecule has 23 heteroatoms. The zero-order valence-electron chi connectivity index (χ0n) is 57.3. The minimum atomic E-state index is -0.477. The van der Waals surface area contributed by atoms with Crippen LogP contribution in [0.25, 0.3) is 65.4 Å². The third-order valence-electron chi connectivity index (χ3n) is 14.5. The Morgan fingerprint density at radius 2 is 1.05 bits per heavy atom. The van der Waals surface area contributed by atoms with Gasteiger partial charge < -0.3 is 9.55 Å². The zero-order chi connectivity index (χ0) is 69.8. The lowest BCUT2D eigenvalue weighted by Gasteiger charge is -2.17. The van der Waals surface area contributed by atoms with Gasteiger partial charge in [-0.2, -0.15) is 13.8 Å². The first kappa shape index (κ1) is 72.4. The molecule has 0 aliphatic carbocycles. The second-order valence-electron chi connectivity index (χ2n) is 28.8. The summed E-state index contributed by atoms with van der Waals surface area (Å²) in [4.78, 5) is 88.6. The lowest BCUT2D eigenvalue weighted by atomic mass is 9.86. The van der Waals surface area contributed by atoms with E-state index in [-0.39, 0.29) is 50.9 Å². The minimum Gasteiger partial charge on any atom is -0.335 e. The zero-order valence-corrected chi connectivity index (χ0v) is 59.7. The maximum atomic E-state index is 12.3. The normalized spacial score (nSPS) is 12.0. The molecule has 12 rings (SSSR count). The molecule has 12 aromatic rings. The average molecular weight is 1330 g/mol. The molecule has 7 aromatic heterocycles.